The van der Waals surface area contributed by atoms with Crippen molar-refractivity contribution in [1.29, 1.82) is 0 Å². The van der Waals surface area contributed by atoms with Crippen LogP contribution in [0.5, 0.6) is 5.75 Å². The van der Waals surface area contributed by atoms with E-state index in [-0.39, 0.29) is 11.8 Å². The first-order valence-corrected chi connectivity index (χ1v) is 11.1. The predicted molar refractivity (Wildman–Crippen MR) is 120 cm³/mol. The smallest absolute Gasteiger partial charge is 0.224 e. The molecule has 4 atom stereocenters. The minimum absolute atomic E-state index is 0.0577. The molecular formula is C24H28N6O2. The highest BCUT2D eigenvalue weighted by atomic mass is 16.5. The van der Waals surface area contributed by atoms with E-state index in [1.54, 1.807) is 19.5 Å². The van der Waals surface area contributed by atoms with Crippen LogP contribution in [0.4, 0.5) is 0 Å². The maximum atomic E-state index is 12.8. The Labute approximate surface area is 187 Å². The van der Waals surface area contributed by atoms with Crippen LogP contribution in [0.3, 0.4) is 0 Å². The Bertz CT molecular complexity index is 1050. The van der Waals surface area contributed by atoms with E-state index >= 15 is 0 Å². The van der Waals surface area contributed by atoms with Crippen molar-refractivity contribution in [3.05, 3.63) is 60.6 Å². The number of hydrogen-bond acceptors (Lipinski definition) is 6. The minimum atomic E-state index is 0.0577. The van der Waals surface area contributed by atoms with Gasteiger partial charge in [-0.25, -0.2) is 0 Å². The number of aromatic nitrogens is 4. The Morgan fingerprint density at radius 3 is 2.84 bits per heavy atom. The summed E-state index contributed by atoms with van der Waals surface area (Å²) in [6.07, 6.45) is 7.64. The molecule has 0 radical (unpaired) electrons. The van der Waals surface area contributed by atoms with Crippen LogP contribution >= 0.6 is 0 Å². The summed E-state index contributed by atoms with van der Waals surface area (Å²) < 4.78 is 7.16. The molecule has 1 amide bonds. The monoisotopic (exact) mass is 432 g/mol. The van der Waals surface area contributed by atoms with Crippen molar-refractivity contribution in [1.82, 2.24) is 30.2 Å². The second kappa shape index (κ2) is 9.08. The van der Waals surface area contributed by atoms with Crippen LogP contribution in [-0.4, -0.2) is 57.0 Å². The zero-order valence-electron chi connectivity index (χ0n) is 18.2. The summed E-state index contributed by atoms with van der Waals surface area (Å²) in [5, 5.41) is 11.8. The predicted octanol–water partition coefficient (Wildman–Crippen LogP) is 2.38. The van der Waals surface area contributed by atoms with E-state index in [0.29, 0.717) is 18.5 Å². The number of piperidine rings is 3. The van der Waals surface area contributed by atoms with Crippen molar-refractivity contribution in [3.8, 4) is 17.0 Å². The first kappa shape index (κ1) is 20.6. The van der Waals surface area contributed by atoms with Gasteiger partial charge in [-0.2, -0.15) is 0 Å². The summed E-state index contributed by atoms with van der Waals surface area (Å²) >= 11 is 0. The maximum Gasteiger partial charge on any atom is 0.224 e. The molecule has 0 aliphatic carbocycles. The molecule has 32 heavy (non-hydrogen) atoms. The summed E-state index contributed by atoms with van der Waals surface area (Å²) in [4.78, 5) is 19.4. The molecule has 1 N–H and O–H groups in total. The lowest BCUT2D eigenvalue weighted by atomic mass is 9.75. The fraction of sp³-hybridized carbons (Fsp3) is 0.417. The SMILES string of the molecule is COc1ccc(-c2cn(C[C@H]3C[C@H]4CCN3C[C@@H]4C(=O)NCc3cccnc3)nn2)cc1. The van der Waals surface area contributed by atoms with Gasteiger partial charge < -0.3 is 10.1 Å². The van der Waals surface area contributed by atoms with Crippen molar-refractivity contribution < 1.29 is 9.53 Å². The number of pyridine rings is 1. The summed E-state index contributed by atoms with van der Waals surface area (Å²) in [5.41, 5.74) is 2.91. The zero-order valence-corrected chi connectivity index (χ0v) is 18.2. The van der Waals surface area contributed by atoms with Gasteiger partial charge in [0.2, 0.25) is 5.91 Å². The van der Waals surface area contributed by atoms with Crippen LogP contribution in [0.2, 0.25) is 0 Å². The molecule has 166 valence electrons. The molecule has 8 nitrogen and oxygen atoms in total. The molecular weight excluding hydrogens is 404 g/mol. The van der Waals surface area contributed by atoms with Crippen LogP contribution in [0, 0.1) is 11.8 Å². The molecule has 1 aromatic carbocycles. The molecule has 0 spiro atoms. The van der Waals surface area contributed by atoms with E-state index in [0.717, 1.165) is 55.0 Å². The second-order valence-corrected chi connectivity index (χ2v) is 8.67. The Morgan fingerprint density at radius 1 is 1.25 bits per heavy atom. The number of carbonyl (C=O) groups is 1. The van der Waals surface area contributed by atoms with Crippen molar-refractivity contribution in [2.75, 3.05) is 20.2 Å². The van der Waals surface area contributed by atoms with Crippen molar-refractivity contribution >= 4 is 5.91 Å². The van der Waals surface area contributed by atoms with Gasteiger partial charge in [0.15, 0.2) is 0 Å². The van der Waals surface area contributed by atoms with Gasteiger partial charge in [0.05, 0.1) is 25.8 Å². The number of ether oxygens (including phenoxy) is 1. The van der Waals surface area contributed by atoms with E-state index in [2.05, 4.69) is 25.5 Å². The Balaban J connectivity index is 1.18. The van der Waals surface area contributed by atoms with Gasteiger partial charge in [-0.05, 0) is 61.2 Å². The molecule has 3 aliphatic heterocycles. The number of carbonyl (C=O) groups excluding carboxylic acids is 1. The number of methoxy groups -OCH3 is 1. The number of benzene rings is 1. The van der Waals surface area contributed by atoms with Gasteiger partial charge in [0, 0.05) is 37.1 Å². The highest BCUT2D eigenvalue weighted by Crippen LogP contribution is 2.37. The highest BCUT2D eigenvalue weighted by molar-refractivity contribution is 5.79. The lowest BCUT2D eigenvalue weighted by Gasteiger charge is -2.49. The standard InChI is InChI=1S/C24H28N6O2/c1-32-21-6-4-18(5-7-21)23-16-30(28-27-23)14-20-11-19-8-10-29(20)15-22(19)24(31)26-13-17-3-2-9-25-12-17/h2-7,9,12,16,19-20,22H,8,10-11,13-15H2,1H3,(H,26,31)/t19-,20-,22+/m1/s1. The van der Waals surface area contributed by atoms with Gasteiger partial charge in [-0.3, -0.25) is 19.4 Å². The first-order valence-electron chi connectivity index (χ1n) is 11.1. The Hall–Kier alpha value is -3.26. The Morgan fingerprint density at radius 2 is 2.12 bits per heavy atom. The van der Waals surface area contributed by atoms with Gasteiger partial charge in [-0.15, -0.1) is 5.10 Å². The average molecular weight is 433 g/mol. The molecule has 2 aromatic heterocycles. The average Bonchev–Trinajstić information content (AvgIpc) is 3.32. The van der Waals surface area contributed by atoms with Crippen molar-refractivity contribution in [3.63, 3.8) is 0 Å². The number of hydrogen-bond donors (Lipinski definition) is 1. The van der Waals surface area contributed by atoms with Gasteiger partial charge in [0.1, 0.15) is 11.4 Å². The summed E-state index contributed by atoms with van der Waals surface area (Å²) in [6.45, 7) is 3.19. The van der Waals surface area contributed by atoms with Gasteiger partial charge in [0.25, 0.3) is 0 Å². The summed E-state index contributed by atoms with van der Waals surface area (Å²) in [6, 6.07) is 12.1. The van der Waals surface area contributed by atoms with Crippen molar-refractivity contribution in [2.24, 2.45) is 11.8 Å². The van der Waals surface area contributed by atoms with E-state index in [4.69, 9.17) is 4.74 Å². The third kappa shape index (κ3) is 4.36. The minimum Gasteiger partial charge on any atom is -0.497 e. The first-order chi connectivity index (χ1) is 15.7. The number of nitrogens with one attached hydrogen (secondary N) is 1. The molecule has 1 unspecified atom stereocenters. The number of amides is 1. The molecule has 2 bridgehead atoms. The van der Waals surface area contributed by atoms with Crippen LogP contribution in [0.1, 0.15) is 18.4 Å². The maximum absolute atomic E-state index is 12.8. The number of fused-ring (bicyclic) bond motifs is 3. The fourth-order valence-corrected chi connectivity index (χ4v) is 4.95. The lowest BCUT2D eigenvalue weighted by Crippen LogP contribution is -2.58. The van der Waals surface area contributed by atoms with Crippen LogP contribution in [0.25, 0.3) is 11.3 Å². The quantitative estimate of drug-likeness (QED) is 0.617. The molecule has 3 saturated heterocycles. The molecule has 8 heteroatoms. The van der Waals surface area contributed by atoms with Gasteiger partial charge >= 0.3 is 0 Å². The highest BCUT2D eigenvalue weighted by Gasteiger charge is 2.43. The lowest BCUT2D eigenvalue weighted by molar-refractivity contribution is -0.133. The van der Waals surface area contributed by atoms with E-state index in [1.165, 1.54) is 0 Å². The molecule has 5 heterocycles. The largest absolute Gasteiger partial charge is 0.497 e. The third-order valence-electron chi connectivity index (χ3n) is 6.73. The molecule has 3 aliphatic rings. The third-order valence-corrected chi connectivity index (χ3v) is 6.73. The Kier molecular flexibility index (Phi) is 5.85. The molecule has 3 fully saturated rings. The van der Waals surface area contributed by atoms with E-state index in [9.17, 15) is 4.79 Å². The van der Waals surface area contributed by atoms with Gasteiger partial charge in [-0.1, -0.05) is 11.3 Å². The van der Waals surface area contributed by atoms with Crippen LogP contribution in [-0.2, 0) is 17.9 Å². The van der Waals surface area contributed by atoms with Crippen LogP contribution in [0.15, 0.2) is 55.0 Å². The second-order valence-electron chi connectivity index (χ2n) is 8.67. The number of rotatable bonds is 7. The van der Waals surface area contributed by atoms with Crippen LogP contribution < -0.4 is 10.1 Å². The molecule has 3 aromatic rings. The van der Waals surface area contributed by atoms with E-state index < -0.39 is 0 Å². The zero-order chi connectivity index (χ0) is 21.9. The number of nitrogens with zero attached hydrogens (tertiary/aromatic N) is 5. The molecule has 0 saturated carbocycles. The molecule has 6 rings (SSSR count). The topological polar surface area (TPSA) is 85.2 Å². The fourth-order valence-electron chi connectivity index (χ4n) is 4.95. The summed E-state index contributed by atoms with van der Waals surface area (Å²) in [7, 11) is 1.66. The van der Waals surface area contributed by atoms with E-state index in [1.807, 2.05) is 47.3 Å². The van der Waals surface area contributed by atoms with Crippen molar-refractivity contribution in [2.45, 2.75) is 32.0 Å². The normalized spacial score (nSPS) is 24.3. The summed E-state index contributed by atoms with van der Waals surface area (Å²) in [5.74, 6) is 1.46.